The molecule has 142 valence electrons. The molecule has 1 atom stereocenters. The van der Waals surface area contributed by atoms with E-state index in [1.165, 1.54) is 25.3 Å². The van der Waals surface area contributed by atoms with E-state index in [-0.39, 0.29) is 5.76 Å². The molecule has 6 nitrogen and oxygen atoms in total. The number of hydrazine groups is 1. The molecule has 0 bridgehead atoms. The van der Waals surface area contributed by atoms with Crippen LogP contribution >= 0.6 is 0 Å². The smallest absolute Gasteiger partial charge is 0.417 e. The average molecular weight is 398 g/mol. The minimum atomic E-state index is -4.67. The number of para-hydroxylation sites is 1. The van der Waals surface area contributed by atoms with Crippen molar-refractivity contribution < 1.29 is 31.3 Å². The molecular weight excluding hydrogens is 385 g/mol. The molecule has 10 heteroatoms. The van der Waals surface area contributed by atoms with Gasteiger partial charge in [-0.05, 0) is 24.3 Å². The lowest BCUT2D eigenvalue weighted by Crippen LogP contribution is -2.38. The second-order valence-electron chi connectivity index (χ2n) is 5.31. The molecule has 1 heterocycles. The Kier molecular flexibility index (Phi) is 5.19. The van der Waals surface area contributed by atoms with Crippen molar-refractivity contribution in [2.24, 2.45) is 0 Å². The number of fused-ring (bicyclic) bond motifs is 1. The Morgan fingerprint density at radius 1 is 1.15 bits per heavy atom. The Morgan fingerprint density at radius 3 is 2.59 bits per heavy atom. The van der Waals surface area contributed by atoms with Gasteiger partial charge in [-0.15, -0.1) is 4.83 Å². The van der Waals surface area contributed by atoms with Crippen LogP contribution in [0.2, 0.25) is 0 Å². The maximum atomic E-state index is 13.0. The van der Waals surface area contributed by atoms with Crippen LogP contribution in [0.4, 0.5) is 13.2 Å². The summed E-state index contributed by atoms with van der Waals surface area (Å²) in [6.07, 6.45) is -4.67. The number of nitrogens with one attached hydrogen (secondary N) is 2. The molecule has 27 heavy (non-hydrogen) atoms. The third-order valence-corrected chi connectivity index (χ3v) is 4.64. The van der Waals surface area contributed by atoms with Crippen LogP contribution in [0.25, 0.3) is 11.0 Å². The highest BCUT2D eigenvalue weighted by Crippen LogP contribution is 2.33. The van der Waals surface area contributed by atoms with Crippen molar-refractivity contribution in [3.8, 4) is 5.75 Å². The first-order valence-electron chi connectivity index (χ1n) is 7.52. The number of alkyl halides is 3. The topological polar surface area (TPSA) is 80.6 Å². The summed E-state index contributed by atoms with van der Waals surface area (Å²) in [4.78, 5) is 13.7. The monoisotopic (exact) mass is 398 g/mol. The summed E-state index contributed by atoms with van der Waals surface area (Å²) < 4.78 is 61.6. The Hall–Kier alpha value is -2.85. The van der Waals surface area contributed by atoms with E-state index in [0.29, 0.717) is 16.7 Å². The lowest BCUT2D eigenvalue weighted by Gasteiger charge is -2.12. The first-order valence-corrected chi connectivity index (χ1v) is 8.67. The number of amides is 1. The van der Waals surface area contributed by atoms with Crippen molar-refractivity contribution in [2.75, 3.05) is 7.11 Å². The summed E-state index contributed by atoms with van der Waals surface area (Å²) in [5.41, 5.74) is 1.37. The zero-order valence-electron chi connectivity index (χ0n) is 13.8. The van der Waals surface area contributed by atoms with Crippen molar-refractivity contribution in [3.05, 3.63) is 59.9 Å². The van der Waals surface area contributed by atoms with Crippen LogP contribution in [0.1, 0.15) is 16.1 Å². The number of hydrogen-bond acceptors (Lipinski definition) is 4. The van der Waals surface area contributed by atoms with Gasteiger partial charge in [-0.25, -0.2) is 4.21 Å². The van der Waals surface area contributed by atoms with Gasteiger partial charge in [-0.2, -0.15) is 13.2 Å². The number of hydrogen-bond donors (Lipinski definition) is 2. The van der Waals surface area contributed by atoms with Gasteiger partial charge in [0.05, 0.1) is 17.6 Å². The number of carbonyl (C=O) groups excluding carboxylic acids is 1. The van der Waals surface area contributed by atoms with E-state index in [1.807, 2.05) is 0 Å². The molecule has 0 aliphatic carbocycles. The number of methoxy groups -OCH3 is 1. The van der Waals surface area contributed by atoms with Crippen LogP contribution in [-0.2, 0) is 17.2 Å². The van der Waals surface area contributed by atoms with Crippen LogP contribution in [0, 0.1) is 0 Å². The zero-order chi connectivity index (χ0) is 19.6. The Labute approximate surface area is 153 Å². The Bertz CT molecular complexity index is 1020. The average Bonchev–Trinajstić information content (AvgIpc) is 3.09. The van der Waals surface area contributed by atoms with E-state index in [4.69, 9.17) is 9.15 Å². The van der Waals surface area contributed by atoms with E-state index in [1.54, 1.807) is 18.2 Å². The third-order valence-electron chi connectivity index (χ3n) is 3.60. The first kappa shape index (κ1) is 18.9. The first-order chi connectivity index (χ1) is 12.8. The van der Waals surface area contributed by atoms with Gasteiger partial charge in [0.15, 0.2) is 17.1 Å². The van der Waals surface area contributed by atoms with Crippen LogP contribution < -0.4 is 15.0 Å². The van der Waals surface area contributed by atoms with Crippen molar-refractivity contribution in [3.63, 3.8) is 0 Å². The fourth-order valence-corrected chi connectivity index (χ4v) is 3.26. The van der Waals surface area contributed by atoms with Gasteiger partial charge >= 0.3 is 12.1 Å². The fourth-order valence-electron chi connectivity index (χ4n) is 2.38. The molecule has 3 aromatic rings. The summed E-state index contributed by atoms with van der Waals surface area (Å²) in [5.74, 6) is -0.503. The summed E-state index contributed by atoms with van der Waals surface area (Å²) in [7, 11) is -0.884. The van der Waals surface area contributed by atoms with Crippen molar-refractivity contribution >= 4 is 27.9 Å². The van der Waals surface area contributed by atoms with Gasteiger partial charge in [-0.3, -0.25) is 10.2 Å². The van der Waals surface area contributed by atoms with Gasteiger partial charge in [0, 0.05) is 5.39 Å². The maximum absolute atomic E-state index is 13.0. The summed E-state index contributed by atoms with van der Waals surface area (Å²) >= 11 is 0. The predicted octanol–water partition coefficient (Wildman–Crippen LogP) is 3.42. The van der Waals surface area contributed by atoms with E-state index in [0.717, 1.165) is 12.1 Å². The molecule has 0 saturated carbocycles. The molecule has 0 aliphatic rings. The Morgan fingerprint density at radius 2 is 1.89 bits per heavy atom. The highest BCUT2D eigenvalue weighted by Gasteiger charge is 2.34. The van der Waals surface area contributed by atoms with E-state index < -0.39 is 33.5 Å². The number of furan rings is 1. The number of halogens is 3. The van der Waals surface area contributed by atoms with Crippen molar-refractivity contribution in [2.45, 2.75) is 11.1 Å². The summed E-state index contributed by atoms with van der Waals surface area (Å²) in [6, 6.07) is 10.9. The van der Waals surface area contributed by atoms with Crippen LogP contribution in [-0.4, -0.2) is 17.2 Å². The Balaban J connectivity index is 1.76. The largest absolute Gasteiger partial charge is 0.493 e. The van der Waals surface area contributed by atoms with Crippen molar-refractivity contribution in [1.29, 1.82) is 0 Å². The van der Waals surface area contributed by atoms with Crippen LogP contribution in [0.15, 0.2) is 57.8 Å². The molecule has 3 rings (SSSR count). The van der Waals surface area contributed by atoms with Gasteiger partial charge in [-0.1, -0.05) is 24.3 Å². The molecule has 1 amide bonds. The second-order valence-corrected chi connectivity index (χ2v) is 6.49. The number of ether oxygens (including phenoxy) is 1. The molecule has 0 aliphatic heterocycles. The molecule has 1 aromatic heterocycles. The molecular formula is C17H13F3N2O4S. The molecule has 2 aromatic carbocycles. The molecule has 0 radical (unpaired) electrons. The number of benzene rings is 2. The van der Waals surface area contributed by atoms with Crippen LogP contribution in [0.3, 0.4) is 0 Å². The molecule has 0 fully saturated rings. The number of carbonyl (C=O) groups is 1. The van der Waals surface area contributed by atoms with E-state index in [9.17, 15) is 22.2 Å². The zero-order valence-corrected chi connectivity index (χ0v) is 14.6. The predicted molar refractivity (Wildman–Crippen MR) is 91.2 cm³/mol. The third kappa shape index (κ3) is 3.96. The summed E-state index contributed by atoms with van der Waals surface area (Å²) in [5, 5.41) is 0.600. The quantitative estimate of drug-likeness (QED) is 0.646. The maximum Gasteiger partial charge on any atom is 0.417 e. The standard InChI is InChI=1S/C17H13F3N2O4S/c1-25-12-7-4-5-10-9-13(26-15(10)12)16(23)21-22-27(24)14-8-3-2-6-11(14)17(18,19)20/h2-9,22H,1H3,(H,21,23). The highest BCUT2D eigenvalue weighted by molar-refractivity contribution is 7.83. The van der Waals surface area contributed by atoms with Gasteiger partial charge in [0.1, 0.15) is 11.0 Å². The van der Waals surface area contributed by atoms with Crippen LogP contribution in [0.5, 0.6) is 5.75 Å². The molecule has 1 unspecified atom stereocenters. The minimum absolute atomic E-state index is 0.122. The molecule has 0 saturated heterocycles. The highest BCUT2D eigenvalue weighted by atomic mass is 32.2. The second kappa shape index (κ2) is 7.41. The summed E-state index contributed by atoms with van der Waals surface area (Å²) in [6.45, 7) is 0. The van der Waals surface area contributed by atoms with Crippen molar-refractivity contribution in [1.82, 2.24) is 10.3 Å². The number of rotatable bonds is 5. The lowest BCUT2D eigenvalue weighted by atomic mass is 10.2. The lowest BCUT2D eigenvalue weighted by molar-refractivity contribution is -0.139. The SMILES string of the molecule is COc1cccc2cc(C(=O)NNS(=O)c3ccccc3C(F)(F)F)oc12. The minimum Gasteiger partial charge on any atom is -0.493 e. The molecule has 2 N–H and O–H groups in total. The normalized spacial score (nSPS) is 12.7. The fraction of sp³-hybridized carbons (Fsp3) is 0.118. The molecule has 0 spiro atoms. The van der Waals surface area contributed by atoms with Gasteiger partial charge in [0.2, 0.25) is 0 Å². The van der Waals surface area contributed by atoms with Gasteiger partial charge in [0.25, 0.3) is 0 Å². The van der Waals surface area contributed by atoms with E-state index >= 15 is 0 Å². The van der Waals surface area contributed by atoms with Gasteiger partial charge < -0.3 is 9.15 Å². The van der Waals surface area contributed by atoms with E-state index in [2.05, 4.69) is 10.3 Å².